The molecule has 0 spiro atoms. The molecule has 0 saturated heterocycles. The first kappa shape index (κ1) is 11.6. The predicted molar refractivity (Wildman–Crippen MR) is 70.3 cm³/mol. The summed E-state index contributed by atoms with van der Waals surface area (Å²) in [6.07, 6.45) is 2.46. The SMILES string of the molecule is CCc1ccc(C(=O)Nc2ccc(N)cn2)s1. The van der Waals surface area contributed by atoms with Crippen molar-refractivity contribution in [1.29, 1.82) is 0 Å². The van der Waals surface area contributed by atoms with Crippen LogP contribution in [0.2, 0.25) is 0 Å². The first-order chi connectivity index (χ1) is 8.19. The summed E-state index contributed by atoms with van der Waals surface area (Å²) >= 11 is 1.50. The van der Waals surface area contributed by atoms with Gasteiger partial charge in [0.15, 0.2) is 0 Å². The summed E-state index contributed by atoms with van der Waals surface area (Å²) < 4.78 is 0. The number of hydrogen-bond acceptors (Lipinski definition) is 4. The third kappa shape index (κ3) is 2.82. The number of nitrogen functional groups attached to an aromatic ring is 1. The lowest BCUT2D eigenvalue weighted by Gasteiger charge is -2.02. The van der Waals surface area contributed by atoms with E-state index in [4.69, 9.17) is 5.73 Å². The lowest BCUT2D eigenvalue weighted by atomic mass is 10.3. The molecule has 1 amide bonds. The van der Waals surface area contributed by atoms with E-state index >= 15 is 0 Å². The Hall–Kier alpha value is -1.88. The topological polar surface area (TPSA) is 68.0 Å². The molecule has 0 aromatic carbocycles. The highest BCUT2D eigenvalue weighted by molar-refractivity contribution is 7.14. The largest absolute Gasteiger partial charge is 0.397 e. The van der Waals surface area contributed by atoms with E-state index in [0.717, 1.165) is 6.42 Å². The van der Waals surface area contributed by atoms with Gasteiger partial charge in [-0.3, -0.25) is 4.79 Å². The van der Waals surface area contributed by atoms with Crippen molar-refractivity contribution >= 4 is 28.7 Å². The van der Waals surface area contributed by atoms with Crippen LogP contribution in [0, 0.1) is 0 Å². The zero-order valence-electron chi connectivity index (χ0n) is 9.43. The van der Waals surface area contributed by atoms with Gasteiger partial charge in [-0.2, -0.15) is 0 Å². The molecule has 2 aromatic rings. The minimum atomic E-state index is -0.132. The molecule has 0 saturated carbocycles. The summed E-state index contributed by atoms with van der Waals surface area (Å²) in [6.45, 7) is 2.06. The second-order valence-corrected chi connectivity index (χ2v) is 4.72. The van der Waals surface area contributed by atoms with Crippen LogP contribution in [-0.2, 0) is 6.42 Å². The minimum absolute atomic E-state index is 0.132. The second-order valence-electron chi connectivity index (χ2n) is 3.55. The Balaban J connectivity index is 2.08. The van der Waals surface area contributed by atoms with Crippen LogP contribution in [0.5, 0.6) is 0 Å². The molecule has 2 heterocycles. The molecular formula is C12H13N3OS. The number of nitrogens with two attached hydrogens (primary N) is 1. The Morgan fingerprint density at radius 1 is 1.41 bits per heavy atom. The van der Waals surface area contributed by atoms with Gasteiger partial charge in [0.05, 0.1) is 16.8 Å². The van der Waals surface area contributed by atoms with E-state index in [2.05, 4.69) is 17.2 Å². The highest BCUT2D eigenvalue weighted by Crippen LogP contribution is 2.18. The number of thiophene rings is 1. The van der Waals surface area contributed by atoms with E-state index in [1.807, 2.05) is 12.1 Å². The van der Waals surface area contributed by atoms with Gasteiger partial charge in [-0.15, -0.1) is 11.3 Å². The Kier molecular flexibility index (Phi) is 3.39. The number of anilines is 2. The van der Waals surface area contributed by atoms with E-state index in [1.54, 1.807) is 12.1 Å². The van der Waals surface area contributed by atoms with Crippen molar-refractivity contribution in [3.63, 3.8) is 0 Å². The highest BCUT2D eigenvalue weighted by Gasteiger charge is 2.09. The van der Waals surface area contributed by atoms with Gasteiger partial charge in [-0.1, -0.05) is 6.92 Å². The molecule has 0 aliphatic carbocycles. The van der Waals surface area contributed by atoms with Gasteiger partial charge < -0.3 is 11.1 Å². The van der Waals surface area contributed by atoms with Crippen LogP contribution in [-0.4, -0.2) is 10.9 Å². The number of rotatable bonds is 3. The average Bonchev–Trinajstić information content (AvgIpc) is 2.81. The van der Waals surface area contributed by atoms with Crippen LogP contribution in [0.4, 0.5) is 11.5 Å². The number of pyridine rings is 1. The van der Waals surface area contributed by atoms with Gasteiger partial charge in [0.1, 0.15) is 5.82 Å². The van der Waals surface area contributed by atoms with Gasteiger partial charge in [-0.25, -0.2) is 4.98 Å². The first-order valence-electron chi connectivity index (χ1n) is 5.30. The lowest BCUT2D eigenvalue weighted by molar-refractivity contribution is 0.103. The van der Waals surface area contributed by atoms with Gasteiger partial charge in [0, 0.05) is 4.88 Å². The van der Waals surface area contributed by atoms with Gasteiger partial charge >= 0.3 is 0 Å². The van der Waals surface area contributed by atoms with Gasteiger partial charge in [-0.05, 0) is 30.7 Å². The number of amides is 1. The van der Waals surface area contributed by atoms with E-state index in [1.165, 1.54) is 22.4 Å². The molecule has 0 atom stereocenters. The minimum Gasteiger partial charge on any atom is -0.397 e. The van der Waals surface area contributed by atoms with Crippen molar-refractivity contribution in [3.05, 3.63) is 40.2 Å². The van der Waals surface area contributed by atoms with Crippen molar-refractivity contribution in [1.82, 2.24) is 4.98 Å². The van der Waals surface area contributed by atoms with Crippen molar-refractivity contribution in [2.45, 2.75) is 13.3 Å². The van der Waals surface area contributed by atoms with Gasteiger partial charge in [0.25, 0.3) is 5.91 Å². The Labute approximate surface area is 103 Å². The third-order valence-corrected chi connectivity index (χ3v) is 3.49. The Morgan fingerprint density at radius 3 is 2.82 bits per heavy atom. The highest BCUT2D eigenvalue weighted by atomic mass is 32.1. The number of carbonyl (C=O) groups excluding carboxylic acids is 1. The van der Waals surface area contributed by atoms with Crippen LogP contribution in [0.1, 0.15) is 21.5 Å². The quantitative estimate of drug-likeness (QED) is 0.875. The number of aryl methyl sites for hydroxylation is 1. The zero-order chi connectivity index (χ0) is 12.3. The fourth-order valence-electron chi connectivity index (χ4n) is 1.35. The fourth-order valence-corrected chi connectivity index (χ4v) is 2.19. The monoisotopic (exact) mass is 247 g/mol. The standard InChI is InChI=1S/C12H13N3OS/c1-2-9-4-5-10(17-9)12(16)15-11-6-3-8(13)7-14-11/h3-7H,2,13H2,1H3,(H,14,15,16). The number of aromatic nitrogens is 1. The van der Waals surface area contributed by atoms with Crippen LogP contribution in [0.15, 0.2) is 30.5 Å². The average molecular weight is 247 g/mol. The first-order valence-corrected chi connectivity index (χ1v) is 6.12. The molecule has 0 radical (unpaired) electrons. The van der Waals surface area contributed by atoms with Crippen LogP contribution in [0.3, 0.4) is 0 Å². The molecular weight excluding hydrogens is 234 g/mol. The molecule has 17 heavy (non-hydrogen) atoms. The summed E-state index contributed by atoms with van der Waals surface area (Å²) in [5.41, 5.74) is 6.09. The van der Waals surface area contributed by atoms with Crippen molar-refractivity contribution in [3.8, 4) is 0 Å². The maximum atomic E-state index is 11.9. The van der Waals surface area contributed by atoms with Crippen molar-refractivity contribution < 1.29 is 4.79 Å². The number of carbonyl (C=O) groups is 1. The maximum absolute atomic E-state index is 11.9. The van der Waals surface area contributed by atoms with Gasteiger partial charge in [0.2, 0.25) is 0 Å². The number of hydrogen-bond donors (Lipinski definition) is 2. The normalized spacial score (nSPS) is 10.2. The molecule has 5 heteroatoms. The molecule has 88 valence electrons. The maximum Gasteiger partial charge on any atom is 0.266 e. The fraction of sp³-hybridized carbons (Fsp3) is 0.167. The molecule has 0 aliphatic heterocycles. The smallest absolute Gasteiger partial charge is 0.266 e. The predicted octanol–water partition coefficient (Wildman–Crippen LogP) is 2.54. The molecule has 0 bridgehead atoms. The molecule has 2 aromatic heterocycles. The summed E-state index contributed by atoms with van der Waals surface area (Å²) in [5, 5.41) is 2.73. The Morgan fingerprint density at radius 2 is 2.24 bits per heavy atom. The second kappa shape index (κ2) is 4.97. The van der Waals surface area contributed by atoms with E-state index in [-0.39, 0.29) is 5.91 Å². The molecule has 3 N–H and O–H groups in total. The zero-order valence-corrected chi connectivity index (χ0v) is 10.3. The summed E-state index contributed by atoms with van der Waals surface area (Å²) in [5.74, 6) is 0.377. The van der Waals surface area contributed by atoms with Crippen LogP contribution in [0.25, 0.3) is 0 Å². The summed E-state index contributed by atoms with van der Waals surface area (Å²) in [6, 6.07) is 7.18. The van der Waals surface area contributed by atoms with Crippen molar-refractivity contribution in [2.24, 2.45) is 0 Å². The Bertz CT molecular complexity index is 519. The molecule has 0 fully saturated rings. The number of nitrogens with one attached hydrogen (secondary N) is 1. The van der Waals surface area contributed by atoms with Crippen LogP contribution >= 0.6 is 11.3 Å². The summed E-state index contributed by atoms with van der Waals surface area (Å²) in [7, 11) is 0. The summed E-state index contributed by atoms with van der Waals surface area (Å²) in [4.78, 5) is 17.8. The third-order valence-electron chi connectivity index (χ3n) is 2.26. The molecule has 2 rings (SSSR count). The lowest BCUT2D eigenvalue weighted by Crippen LogP contribution is -2.11. The molecule has 0 aliphatic rings. The van der Waals surface area contributed by atoms with E-state index < -0.39 is 0 Å². The molecule has 0 unspecified atom stereocenters. The van der Waals surface area contributed by atoms with Crippen molar-refractivity contribution in [2.75, 3.05) is 11.1 Å². The van der Waals surface area contributed by atoms with E-state index in [9.17, 15) is 4.79 Å². The number of nitrogens with zero attached hydrogens (tertiary/aromatic N) is 1. The van der Waals surface area contributed by atoms with E-state index in [0.29, 0.717) is 16.4 Å². The molecule has 4 nitrogen and oxygen atoms in total. The van der Waals surface area contributed by atoms with Crippen LogP contribution < -0.4 is 11.1 Å².